The van der Waals surface area contributed by atoms with Crippen LogP contribution in [0.3, 0.4) is 0 Å². The second-order valence-corrected chi connectivity index (χ2v) is 6.31. The average Bonchev–Trinajstić information content (AvgIpc) is 3.00. The number of methoxy groups -OCH3 is 1. The molecule has 2 N–H and O–H groups in total. The van der Waals surface area contributed by atoms with Gasteiger partial charge in [-0.15, -0.1) is 0 Å². The Morgan fingerprint density at radius 2 is 1.96 bits per heavy atom. The molecule has 0 spiro atoms. The summed E-state index contributed by atoms with van der Waals surface area (Å²) in [7, 11) is 1.38. The molecule has 1 aromatic heterocycles. The third-order valence-corrected chi connectivity index (χ3v) is 4.08. The zero-order chi connectivity index (χ0) is 19.6. The van der Waals surface area contributed by atoms with Crippen LogP contribution < -0.4 is 10.6 Å². The normalized spacial score (nSPS) is 11.3. The van der Waals surface area contributed by atoms with Crippen LogP contribution in [0.15, 0.2) is 35.3 Å². The molecule has 0 aliphatic heterocycles. The average molecular weight is 371 g/mol. The van der Waals surface area contributed by atoms with Crippen molar-refractivity contribution >= 4 is 11.9 Å². The molecular formula is C20H29N5O2. The van der Waals surface area contributed by atoms with Crippen molar-refractivity contribution in [1.29, 1.82) is 0 Å². The largest absolute Gasteiger partial charge is 0.465 e. The predicted molar refractivity (Wildman–Crippen MR) is 107 cm³/mol. The van der Waals surface area contributed by atoms with Crippen LogP contribution in [0.2, 0.25) is 0 Å². The van der Waals surface area contributed by atoms with E-state index in [1.54, 1.807) is 12.1 Å². The van der Waals surface area contributed by atoms with E-state index in [1.165, 1.54) is 12.8 Å². The number of hydrogen-bond acceptors (Lipinski definition) is 4. The van der Waals surface area contributed by atoms with Gasteiger partial charge in [-0.05, 0) is 51.0 Å². The SMILES string of the molecule is CCNC(=NCc1ccc(C(=O)OC)cc1)NCCCn1nc(C)cc1C. The lowest BCUT2D eigenvalue weighted by molar-refractivity contribution is 0.0600. The van der Waals surface area contributed by atoms with Gasteiger partial charge in [0, 0.05) is 25.3 Å². The van der Waals surface area contributed by atoms with Gasteiger partial charge in [0.15, 0.2) is 5.96 Å². The lowest BCUT2D eigenvalue weighted by atomic mass is 10.1. The van der Waals surface area contributed by atoms with Crippen LogP contribution in [-0.2, 0) is 17.8 Å². The molecule has 0 saturated carbocycles. The second-order valence-electron chi connectivity index (χ2n) is 6.31. The van der Waals surface area contributed by atoms with Crippen LogP contribution in [0.4, 0.5) is 0 Å². The summed E-state index contributed by atoms with van der Waals surface area (Å²) in [6.45, 7) is 9.14. The highest BCUT2D eigenvalue weighted by atomic mass is 16.5. The van der Waals surface area contributed by atoms with Gasteiger partial charge in [0.25, 0.3) is 0 Å². The first-order chi connectivity index (χ1) is 13.0. The highest BCUT2D eigenvalue weighted by Gasteiger charge is 2.05. The van der Waals surface area contributed by atoms with Crippen molar-refractivity contribution in [2.45, 2.75) is 40.3 Å². The van der Waals surface area contributed by atoms with Crippen molar-refractivity contribution in [1.82, 2.24) is 20.4 Å². The summed E-state index contributed by atoms with van der Waals surface area (Å²) in [6, 6.07) is 9.38. The quantitative estimate of drug-likeness (QED) is 0.322. The van der Waals surface area contributed by atoms with Gasteiger partial charge < -0.3 is 15.4 Å². The van der Waals surface area contributed by atoms with Gasteiger partial charge in [-0.3, -0.25) is 4.68 Å². The first kappa shape index (κ1) is 20.5. The summed E-state index contributed by atoms with van der Waals surface area (Å²) in [5.41, 5.74) is 3.80. The van der Waals surface area contributed by atoms with E-state index in [0.717, 1.165) is 43.3 Å². The Morgan fingerprint density at radius 1 is 1.22 bits per heavy atom. The molecule has 0 unspecified atom stereocenters. The maximum absolute atomic E-state index is 11.5. The second kappa shape index (κ2) is 10.4. The molecule has 1 aromatic carbocycles. The van der Waals surface area contributed by atoms with Gasteiger partial charge >= 0.3 is 5.97 Å². The molecule has 0 aliphatic rings. The number of aliphatic imine (C=N–C) groups is 1. The van der Waals surface area contributed by atoms with Crippen LogP contribution >= 0.6 is 0 Å². The van der Waals surface area contributed by atoms with E-state index in [1.807, 2.05) is 30.7 Å². The minimum Gasteiger partial charge on any atom is -0.465 e. The fraction of sp³-hybridized carbons (Fsp3) is 0.450. The Kier molecular flexibility index (Phi) is 7.85. The molecule has 0 aliphatic carbocycles. The molecular weight excluding hydrogens is 342 g/mol. The predicted octanol–water partition coefficient (Wildman–Crippen LogP) is 2.43. The molecule has 0 saturated heterocycles. The maximum atomic E-state index is 11.5. The summed E-state index contributed by atoms with van der Waals surface area (Å²) in [5.74, 6) is 0.450. The number of aryl methyl sites for hydroxylation is 3. The van der Waals surface area contributed by atoms with Gasteiger partial charge in [0.05, 0.1) is 24.9 Å². The Bertz CT molecular complexity index is 765. The number of nitrogens with zero attached hydrogens (tertiary/aromatic N) is 3. The number of benzene rings is 1. The Balaban J connectivity index is 1.84. The minimum absolute atomic E-state index is 0.331. The zero-order valence-electron chi connectivity index (χ0n) is 16.6. The van der Waals surface area contributed by atoms with E-state index in [9.17, 15) is 4.79 Å². The number of nitrogens with one attached hydrogen (secondary N) is 2. The van der Waals surface area contributed by atoms with E-state index in [-0.39, 0.29) is 5.97 Å². The summed E-state index contributed by atoms with van der Waals surface area (Å²) < 4.78 is 6.74. The fourth-order valence-corrected chi connectivity index (χ4v) is 2.71. The standard InChI is InChI=1S/C20H29N5O2/c1-5-21-20(22-11-6-12-25-16(3)13-15(2)24-25)23-14-17-7-9-18(10-8-17)19(26)27-4/h7-10,13H,5-6,11-12,14H2,1-4H3,(H2,21,22,23). The number of carbonyl (C=O) groups is 1. The van der Waals surface area contributed by atoms with Crippen molar-refractivity contribution < 1.29 is 9.53 Å². The van der Waals surface area contributed by atoms with Crippen molar-refractivity contribution in [2.24, 2.45) is 4.99 Å². The number of ether oxygens (including phenoxy) is 1. The smallest absolute Gasteiger partial charge is 0.337 e. The van der Waals surface area contributed by atoms with E-state index in [0.29, 0.717) is 12.1 Å². The highest BCUT2D eigenvalue weighted by Crippen LogP contribution is 2.07. The third-order valence-electron chi connectivity index (χ3n) is 4.08. The Morgan fingerprint density at radius 3 is 2.56 bits per heavy atom. The minimum atomic E-state index is -0.331. The highest BCUT2D eigenvalue weighted by molar-refractivity contribution is 5.89. The van der Waals surface area contributed by atoms with Gasteiger partial charge in [-0.2, -0.15) is 5.10 Å². The number of hydrogen-bond donors (Lipinski definition) is 2. The van der Waals surface area contributed by atoms with Gasteiger partial charge in [-0.25, -0.2) is 9.79 Å². The van der Waals surface area contributed by atoms with Crippen LogP contribution in [0.1, 0.15) is 40.7 Å². The summed E-state index contributed by atoms with van der Waals surface area (Å²) in [4.78, 5) is 16.1. The van der Waals surface area contributed by atoms with E-state index >= 15 is 0 Å². The number of guanidine groups is 1. The van der Waals surface area contributed by atoms with Crippen molar-refractivity contribution in [2.75, 3.05) is 20.2 Å². The molecule has 1 heterocycles. The third kappa shape index (κ3) is 6.44. The van der Waals surface area contributed by atoms with Gasteiger partial charge in [0.2, 0.25) is 0 Å². The number of carbonyl (C=O) groups excluding carboxylic acids is 1. The summed E-state index contributed by atoms with van der Waals surface area (Å²) >= 11 is 0. The van der Waals surface area contributed by atoms with Crippen LogP contribution in [0.25, 0.3) is 0 Å². The van der Waals surface area contributed by atoms with Crippen LogP contribution in [-0.4, -0.2) is 41.9 Å². The molecule has 2 aromatic rings. The molecule has 0 bridgehead atoms. The lowest BCUT2D eigenvalue weighted by Crippen LogP contribution is -2.38. The van der Waals surface area contributed by atoms with Gasteiger partial charge in [-0.1, -0.05) is 12.1 Å². The Hall–Kier alpha value is -2.83. The molecule has 0 fully saturated rings. The number of esters is 1. The van der Waals surface area contributed by atoms with Crippen molar-refractivity contribution in [3.63, 3.8) is 0 Å². The molecule has 0 atom stereocenters. The van der Waals surface area contributed by atoms with Crippen LogP contribution in [0, 0.1) is 13.8 Å². The topological polar surface area (TPSA) is 80.5 Å². The van der Waals surface area contributed by atoms with E-state index in [2.05, 4.69) is 33.7 Å². The monoisotopic (exact) mass is 371 g/mol. The molecule has 0 radical (unpaired) electrons. The zero-order valence-corrected chi connectivity index (χ0v) is 16.6. The molecule has 146 valence electrons. The molecule has 7 nitrogen and oxygen atoms in total. The fourth-order valence-electron chi connectivity index (χ4n) is 2.71. The molecule has 27 heavy (non-hydrogen) atoms. The molecule has 7 heteroatoms. The maximum Gasteiger partial charge on any atom is 0.337 e. The number of rotatable bonds is 8. The van der Waals surface area contributed by atoms with Crippen molar-refractivity contribution in [3.8, 4) is 0 Å². The molecule has 0 amide bonds. The first-order valence-corrected chi connectivity index (χ1v) is 9.24. The lowest BCUT2D eigenvalue weighted by Gasteiger charge is -2.12. The summed E-state index contributed by atoms with van der Waals surface area (Å²) in [5, 5.41) is 11.1. The molecule has 2 rings (SSSR count). The van der Waals surface area contributed by atoms with Crippen molar-refractivity contribution in [3.05, 3.63) is 52.8 Å². The van der Waals surface area contributed by atoms with E-state index < -0.39 is 0 Å². The van der Waals surface area contributed by atoms with E-state index in [4.69, 9.17) is 4.74 Å². The first-order valence-electron chi connectivity index (χ1n) is 9.24. The van der Waals surface area contributed by atoms with Gasteiger partial charge in [0.1, 0.15) is 0 Å². The Labute approximate surface area is 160 Å². The van der Waals surface area contributed by atoms with Crippen LogP contribution in [0.5, 0.6) is 0 Å². The number of aromatic nitrogens is 2. The summed E-state index contributed by atoms with van der Waals surface area (Å²) in [6.07, 6.45) is 0.959.